The SMILES string of the molecule is CCCC.CCCC1CNCCC1N1CCN(C)CC1. The first-order valence-corrected chi connectivity index (χ1v) is 8.86. The molecule has 3 heteroatoms. The van der Waals surface area contributed by atoms with Crippen LogP contribution in [-0.4, -0.2) is 62.2 Å². The highest BCUT2D eigenvalue weighted by Gasteiger charge is 2.30. The standard InChI is InChI=1S/C13H27N3.C4H10/c1-3-4-12-11-14-6-5-13(12)16-9-7-15(2)8-10-16;1-3-4-2/h12-14H,3-11H2,1-2H3;3-4H2,1-2H3. The molecule has 20 heavy (non-hydrogen) atoms. The van der Waals surface area contributed by atoms with Crippen molar-refractivity contribution < 1.29 is 0 Å². The van der Waals surface area contributed by atoms with Crippen LogP contribution >= 0.6 is 0 Å². The molecule has 0 aliphatic carbocycles. The third-order valence-corrected chi connectivity index (χ3v) is 4.73. The fourth-order valence-electron chi connectivity index (χ4n) is 3.21. The van der Waals surface area contributed by atoms with Crippen molar-refractivity contribution in [2.24, 2.45) is 5.92 Å². The normalized spacial score (nSPS) is 28.8. The molecule has 2 fully saturated rings. The van der Waals surface area contributed by atoms with Crippen LogP contribution in [0.4, 0.5) is 0 Å². The van der Waals surface area contributed by atoms with Gasteiger partial charge in [0.15, 0.2) is 0 Å². The van der Waals surface area contributed by atoms with Gasteiger partial charge in [-0.1, -0.05) is 40.0 Å². The molecular weight excluding hydrogens is 246 g/mol. The number of unbranched alkanes of at least 4 members (excludes halogenated alkanes) is 1. The van der Waals surface area contributed by atoms with Crippen molar-refractivity contribution in [3.63, 3.8) is 0 Å². The molecule has 0 saturated carbocycles. The molecule has 0 aromatic heterocycles. The largest absolute Gasteiger partial charge is 0.316 e. The lowest BCUT2D eigenvalue weighted by Gasteiger charge is -2.43. The fourth-order valence-corrected chi connectivity index (χ4v) is 3.21. The van der Waals surface area contributed by atoms with E-state index in [0.717, 1.165) is 12.0 Å². The van der Waals surface area contributed by atoms with Crippen molar-refractivity contribution in [1.82, 2.24) is 15.1 Å². The summed E-state index contributed by atoms with van der Waals surface area (Å²) in [6, 6.07) is 0.856. The summed E-state index contributed by atoms with van der Waals surface area (Å²) >= 11 is 0. The number of hydrogen-bond donors (Lipinski definition) is 1. The molecule has 0 aromatic carbocycles. The van der Waals surface area contributed by atoms with Crippen LogP contribution in [0, 0.1) is 5.92 Å². The number of piperidine rings is 1. The summed E-state index contributed by atoms with van der Waals surface area (Å²) in [6.45, 7) is 14.2. The lowest BCUT2D eigenvalue weighted by Crippen LogP contribution is -2.55. The third kappa shape index (κ3) is 6.11. The lowest BCUT2D eigenvalue weighted by molar-refractivity contribution is 0.0607. The van der Waals surface area contributed by atoms with E-state index >= 15 is 0 Å². The first-order chi connectivity index (χ1) is 9.72. The molecule has 2 aliphatic heterocycles. The smallest absolute Gasteiger partial charge is 0.0149 e. The first kappa shape index (κ1) is 17.9. The lowest BCUT2D eigenvalue weighted by atomic mass is 9.88. The maximum absolute atomic E-state index is 3.56. The fraction of sp³-hybridized carbons (Fsp3) is 1.00. The summed E-state index contributed by atoms with van der Waals surface area (Å²) in [7, 11) is 2.24. The predicted molar refractivity (Wildman–Crippen MR) is 89.3 cm³/mol. The van der Waals surface area contributed by atoms with Gasteiger partial charge in [0.05, 0.1) is 0 Å². The number of likely N-dealkylation sites (N-methyl/N-ethyl adjacent to an activating group) is 1. The Hall–Kier alpha value is -0.120. The molecule has 0 radical (unpaired) electrons. The summed E-state index contributed by atoms with van der Waals surface area (Å²) in [6.07, 6.45) is 6.72. The average Bonchev–Trinajstić information content (AvgIpc) is 2.49. The van der Waals surface area contributed by atoms with E-state index in [1.807, 2.05) is 0 Å². The van der Waals surface area contributed by atoms with E-state index in [2.05, 4.69) is 42.9 Å². The van der Waals surface area contributed by atoms with Crippen molar-refractivity contribution in [2.75, 3.05) is 46.3 Å². The quantitative estimate of drug-likeness (QED) is 0.856. The molecule has 120 valence electrons. The molecule has 3 nitrogen and oxygen atoms in total. The van der Waals surface area contributed by atoms with Gasteiger partial charge >= 0.3 is 0 Å². The molecular formula is C17H37N3. The van der Waals surface area contributed by atoms with Crippen molar-refractivity contribution in [1.29, 1.82) is 0 Å². The first-order valence-electron chi connectivity index (χ1n) is 8.86. The molecule has 0 spiro atoms. The number of piperazine rings is 1. The second-order valence-electron chi connectivity index (χ2n) is 6.45. The van der Waals surface area contributed by atoms with Crippen LogP contribution in [0.1, 0.15) is 52.9 Å². The summed E-state index contributed by atoms with van der Waals surface area (Å²) < 4.78 is 0. The highest BCUT2D eigenvalue weighted by Crippen LogP contribution is 2.23. The maximum atomic E-state index is 3.56. The predicted octanol–water partition coefficient (Wildman–Crippen LogP) is 2.82. The highest BCUT2D eigenvalue weighted by molar-refractivity contribution is 4.87. The molecule has 2 atom stereocenters. The van der Waals surface area contributed by atoms with Crippen molar-refractivity contribution in [3.05, 3.63) is 0 Å². The minimum absolute atomic E-state index is 0.856. The van der Waals surface area contributed by atoms with Gasteiger partial charge in [0, 0.05) is 32.2 Å². The average molecular weight is 284 g/mol. The molecule has 1 N–H and O–H groups in total. The number of nitrogens with one attached hydrogen (secondary N) is 1. The van der Waals surface area contributed by atoms with Gasteiger partial charge in [-0.15, -0.1) is 0 Å². The van der Waals surface area contributed by atoms with E-state index in [1.165, 1.54) is 71.4 Å². The summed E-state index contributed by atoms with van der Waals surface area (Å²) in [5.74, 6) is 0.891. The van der Waals surface area contributed by atoms with Crippen LogP contribution in [0.2, 0.25) is 0 Å². The minimum atomic E-state index is 0.856. The minimum Gasteiger partial charge on any atom is -0.316 e. The van der Waals surface area contributed by atoms with Crippen LogP contribution in [0.15, 0.2) is 0 Å². The van der Waals surface area contributed by atoms with Gasteiger partial charge in [-0.05, 0) is 38.9 Å². The molecule has 2 rings (SSSR count). The van der Waals surface area contributed by atoms with Gasteiger partial charge < -0.3 is 10.2 Å². The summed E-state index contributed by atoms with van der Waals surface area (Å²) in [5.41, 5.74) is 0. The second kappa shape index (κ2) is 10.6. The van der Waals surface area contributed by atoms with Gasteiger partial charge in [-0.25, -0.2) is 0 Å². The monoisotopic (exact) mass is 283 g/mol. The van der Waals surface area contributed by atoms with Crippen molar-refractivity contribution in [2.45, 2.75) is 58.9 Å². The maximum Gasteiger partial charge on any atom is 0.0149 e. The van der Waals surface area contributed by atoms with Gasteiger partial charge in [-0.3, -0.25) is 4.90 Å². The zero-order valence-electron chi connectivity index (χ0n) is 14.3. The summed E-state index contributed by atoms with van der Waals surface area (Å²) in [5, 5.41) is 3.56. The molecule has 0 aromatic rings. The Morgan fingerprint density at radius 2 is 1.60 bits per heavy atom. The molecule has 2 unspecified atom stereocenters. The zero-order chi connectivity index (χ0) is 14.8. The molecule has 0 amide bonds. The van der Waals surface area contributed by atoms with Crippen molar-refractivity contribution >= 4 is 0 Å². The van der Waals surface area contributed by atoms with E-state index < -0.39 is 0 Å². The van der Waals surface area contributed by atoms with Crippen molar-refractivity contribution in [3.8, 4) is 0 Å². The van der Waals surface area contributed by atoms with Crippen LogP contribution in [0.25, 0.3) is 0 Å². The summed E-state index contributed by atoms with van der Waals surface area (Å²) in [4.78, 5) is 5.20. The van der Waals surface area contributed by atoms with E-state index in [9.17, 15) is 0 Å². The Kier molecular flexibility index (Phi) is 9.49. The Labute approximate surface area is 127 Å². The van der Waals surface area contributed by atoms with E-state index in [1.54, 1.807) is 0 Å². The number of nitrogens with zero attached hydrogens (tertiary/aromatic N) is 2. The Balaban J connectivity index is 0.000000444. The van der Waals surface area contributed by atoms with Crippen LogP contribution in [-0.2, 0) is 0 Å². The second-order valence-corrected chi connectivity index (χ2v) is 6.45. The highest BCUT2D eigenvalue weighted by atomic mass is 15.3. The van der Waals surface area contributed by atoms with Gasteiger partial charge in [0.25, 0.3) is 0 Å². The van der Waals surface area contributed by atoms with E-state index in [4.69, 9.17) is 0 Å². The molecule has 2 aliphatic rings. The Morgan fingerprint density at radius 3 is 2.15 bits per heavy atom. The Bertz CT molecular complexity index is 220. The van der Waals surface area contributed by atoms with Gasteiger partial charge in [0.1, 0.15) is 0 Å². The van der Waals surface area contributed by atoms with Crippen LogP contribution in [0.5, 0.6) is 0 Å². The number of hydrogen-bond acceptors (Lipinski definition) is 3. The van der Waals surface area contributed by atoms with Gasteiger partial charge in [0.2, 0.25) is 0 Å². The topological polar surface area (TPSA) is 18.5 Å². The molecule has 2 heterocycles. The molecule has 2 saturated heterocycles. The van der Waals surface area contributed by atoms with Gasteiger partial charge in [-0.2, -0.15) is 0 Å². The van der Waals surface area contributed by atoms with Crippen LogP contribution < -0.4 is 5.32 Å². The van der Waals surface area contributed by atoms with Crippen LogP contribution in [0.3, 0.4) is 0 Å². The Morgan fingerprint density at radius 1 is 0.950 bits per heavy atom. The third-order valence-electron chi connectivity index (χ3n) is 4.73. The molecule has 0 bridgehead atoms. The zero-order valence-corrected chi connectivity index (χ0v) is 14.3. The van der Waals surface area contributed by atoms with E-state index in [0.29, 0.717) is 0 Å². The number of rotatable bonds is 4. The van der Waals surface area contributed by atoms with E-state index in [-0.39, 0.29) is 0 Å².